The van der Waals surface area contributed by atoms with Gasteiger partial charge in [-0.2, -0.15) is 0 Å². The topological polar surface area (TPSA) is 29.1 Å². The van der Waals surface area contributed by atoms with E-state index in [0.717, 1.165) is 11.3 Å². The fraction of sp³-hybridized carbons (Fsp3) is 0.417. The molecule has 0 saturated heterocycles. The van der Waals surface area contributed by atoms with Crippen LogP contribution in [0.2, 0.25) is 0 Å². The van der Waals surface area contributed by atoms with Gasteiger partial charge in [-0.25, -0.2) is 0 Å². The summed E-state index contributed by atoms with van der Waals surface area (Å²) in [6, 6.07) is 7.65. The SMILES string of the molecule is CC.CC.Cc1cccc(NC=O)c1. The van der Waals surface area contributed by atoms with Crippen LogP contribution in [-0.4, -0.2) is 6.41 Å². The van der Waals surface area contributed by atoms with Crippen molar-refractivity contribution < 1.29 is 4.79 Å². The average Bonchev–Trinajstić information content (AvgIpc) is 2.24. The molecule has 1 rings (SSSR count). The Kier molecular flexibility index (Phi) is 12.7. The molecule has 80 valence electrons. The molecule has 2 heteroatoms. The lowest BCUT2D eigenvalue weighted by Gasteiger charge is -1.97. The van der Waals surface area contributed by atoms with E-state index in [0.29, 0.717) is 6.41 Å². The Bertz CT molecular complexity index is 234. The Morgan fingerprint density at radius 2 is 1.71 bits per heavy atom. The third-order valence-electron chi connectivity index (χ3n) is 1.24. The highest BCUT2D eigenvalue weighted by Gasteiger charge is 1.87. The summed E-state index contributed by atoms with van der Waals surface area (Å²) in [5.74, 6) is 0. The summed E-state index contributed by atoms with van der Waals surface area (Å²) in [7, 11) is 0. The number of amides is 1. The second-order valence-corrected chi connectivity index (χ2v) is 2.13. The maximum atomic E-state index is 9.97. The van der Waals surface area contributed by atoms with Gasteiger partial charge >= 0.3 is 0 Å². The van der Waals surface area contributed by atoms with Crippen molar-refractivity contribution in [3.05, 3.63) is 29.8 Å². The van der Waals surface area contributed by atoms with Gasteiger partial charge in [0.15, 0.2) is 0 Å². The molecule has 2 nitrogen and oxygen atoms in total. The lowest BCUT2D eigenvalue weighted by Crippen LogP contribution is -1.92. The van der Waals surface area contributed by atoms with Gasteiger partial charge in [-0.05, 0) is 24.6 Å². The maximum Gasteiger partial charge on any atom is 0.211 e. The molecule has 0 aliphatic heterocycles. The molecule has 1 N–H and O–H groups in total. The van der Waals surface area contributed by atoms with Gasteiger partial charge in [-0.15, -0.1) is 0 Å². The molecule has 0 radical (unpaired) electrons. The van der Waals surface area contributed by atoms with E-state index in [4.69, 9.17) is 0 Å². The number of rotatable bonds is 2. The number of hydrogen-bond acceptors (Lipinski definition) is 1. The van der Waals surface area contributed by atoms with Crippen LogP contribution in [0.15, 0.2) is 24.3 Å². The van der Waals surface area contributed by atoms with E-state index in [2.05, 4.69) is 5.32 Å². The number of nitrogens with one attached hydrogen (secondary N) is 1. The van der Waals surface area contributed by atoms with E-state index >= 15 is 0 Å². The Morgan fingerprint density at radius 1 is 1.14 bits per heavy atom. The van der Waals surface area contributed by atoms with Crippen LogP contribution in [0.1, 0.15) is 33.3 Å². The summed E-state index contributed by atoms with van der Waals surface area (Å²) in [6.07, 6.45) is 0.675. The van der Waals surface area contributed by atoms with Crippen LogP contribution in [0.5, 0.6) is 0 Å². The molecular weight excluding hydrogens is 174 g/mol. The minimum atomic E-state index is 0.675. The van der Waals surface area contributed by atoms with Crippen molar-refractivity contribution in [3.63, 3.8) is 0 Å². The largest absolute Gasteiger partial charge is 0.329 e. The predicted octanol–water partition coefficient (Wildman–Crippen LogP) is 3.62. The highest BCUT2D eigenvalue weighted by Crippen LogP contribution is 2.07. The first-order chi connectivity index (χ1) is 6.83. The van der Waals surface area contributed by atoms with Gasteiger partial charge in [0.2, 0.25) is 6.41 Å². The van der Waals surface area contributed by atoms with Gasteiger partial charge in [-0.1, -0.05) is 39.8 Å². The Hall–Kier alpha value is -1.31. The van der Waals surface area contributed by atoms with E-state index < -0.39 is 0 Å². The summed E-state index contributed by atoms with van der Waals surface area (Å²) in [4.78, 5) is 9.97. The van der Waals surface area contributed by atoms with Gasteiger partial charge < -0.3 is 5.32 Å². The van der Waals surface area contributed by atoms with Crippen LogP contribution in [-0.2, 0) is 4.79 Å². The molecule has 1 aromatic rings. The summed E-state index contributed by atoms with van der Waals surface area (Å²) in [5, 5.41) is 2.57. The molecule has 0 unspecified atom stereocenters. The molecule has 0 aliphatic rings. The van der Waals surface area contributed by atoms with E-state index in [-0.39, 0.29) is 0 Å². The maximum absolute atomic E-state index is 9.97. The van der Waals surface area contributed by atoms with Crippen LogP contribution in [0, 0.1) is 6.92 Å². The van der Waals surface area contributed by atoms with E-state index in [1.54, 1.807) is 0 Å². The minimum Gasteiger partial charge on any atom is -0.329 e. The van der Waals surface area contributed by atoms with E-state index in [1.165, 1.54) is 0 Å². The third kappa shape index (κ3) is 7.35. The molecule has 0 heterocycles. The fourth-order valence-electron chi connectivity index (χ4n) is 0.803. The summed E-state index contributed by atoms with van der Waals surface area (Å²) < 4.78 is 0. The first-order valence-electron chi connectivity index (χ1n) is 5.10. The lowest BCUT2D eigenvalue weighted by atomic mass is 10.2. The zero-order valence-electron chi connectivity index (χ0n) is 9.79. The van der Waals surface area contributed by atoms with Crippen molar-refractivity contribution in [2.24, 2.45) is 0 Å². The zero-order valence-corrected chi connectivity index (χ0v) is 9.79. The molecule has 0 fully saturated rings. The summed E-state index contributed by atoms with van der Waals surface area (Å²) in [5.41, 5.74) is 1.99. The van der Waals surface area contributed by atoms with Crippen molar-refractivity contribution in [3.8, 4) is 0 Å². The Labute approximate surface area is 87.3 Å². The molecule has 1 amide bonds. The van der Waals surface area contributed by atoms with Gasteiger partial charge in [0.05, 0.1) is 0 Å². The van der Waals surface area contributed by atoms with Gasteiger partial charge in [0, 0.05) is 5.69 Å². The van der Waals surface area contributed by atoms with Crippen LogP contribution < -0.4 is 5.32 Å². The predicted molar refractivity (Wildman–Crippen MR) is 63.6 cm³/mol. The number of hydrogen-bond donors (Lipinski definition) is 1. The Balaban J connectivity index is 0. The second kappa shape index (κ2) is 11.7. The molecule has 0 aliphatic carbocycles. The zero-order chi connectivity index (χ0) is 11.4. The van der Waals surface area contributed by atoms with Crippen LogP contribution in [0.25, 0.3) is 0 Å². The Morgan fingerprint density at radius 3 is 2.14 bits per heavy atom. The van der Waals surface area contributed by atoms with Gasteiger partial charge in [-0.3, -0.25) is 4.79 Å². The van der Waals surface area contributed by atoms with Crippen LogP contribution in [0.3, 0.4) is 0 Å². The van der Waals surface area contributed by atoms with Crippen molar-refractivity contribution in [1.29, 1.82) is 0 Å². The van der Waals surface area contributed by atoms with Gasteiger partial charge in [0.25, 0.3) is 0 Å². The van der Waals surface area contributed by atoms with Crippen LogP contribution in [0.4, 0.5) is 5.69 Å². The monoisotopic (exact) mass is 195 g/mol. The van der Waals surface area contributed by atoms with Crippen LogP contribution >= 0.6 is 0 Å². The summed E-state index contributed by atoms with van der Waals surface area (Å²) >= 11 is 0. The highest BCUT2D eigenvalue weighted by atomic mass is 16.1. The molecule has 0 saturated carbocycles. The summed E-state index contributed by atoms with van der Waals surface area (Å²) in [6.45, 7) is 9.98. The first kappa shape index (κ1) is 15.2. The van der Waals surface area contributed by atoms with E-state index in [9.17, 15) is 4.79 Å². The standard InChI is InChI=1S/C8H9NO.2C2H6/c1-7-3-2-4-8(5-7)9-6-10;2*1-2/h2-6H,1H3,(H,9,10);2*1-2H3. The molecule has 0 atom stereocenters. The molecular formula is C12H21NO. The second-order valence-electron chi connectivity index (χ2n) is 2.13. The normalized spacial score (nSPS) is 7.21. The molecule has 0 spiro atoms. The number of aryl methyl sites for hydroxylation is 1. The minimum absolute atomic E-state index is 0.675. The molecule has 14 heavy (non-hydrogen) atoms. The molecule has 1 aromatic carbocycles. The average molecular weight is 195 g/mol. The van der Waals surface area contributed by atoms with Gasteiger partial charge in [0.1, 0.15) is 0 Å². The van der Waals surface area contributed by atoms with Crippen molar-refractivity contribution in [1.82, 2.24) is 0 Å². The quantitative estimate of drug-likeness (QED) is 0.717. The van der Waals surface area contributed by atoms with E-state index in [1.807, 2.05) is 58.9 Å². The molecule has 0 bridgehead atoms. The smallest absolute Gasteiger partial charge is 0.211 e. The number of carbonyl (C=O) groups excluding carboxylic acids is 1. The first-order valence-corrected chi connectivity index (χ1v) is 5.10. The number of benzene rings is 1. The van der Waals surface area contributed by atoms with Crippen molar-refractivity contribution in [2.45, 2.75) is 34.6 Å². The van der Waals surface area contributed by atoms with Crippen molar-refractivity contribution in [2.75, 3.05) is 5.32 Å². The third-order valence-corrected chi connectivity index (χ3v) is 1.24. The fourth-order valence-corrected chi connectivity index (χ4v) is 0.803. The lowest BCUT2D eigenvalue weighted by molar-refractivity contribution is -0.105. The van der Waals surface area contributed by atoms with Crippen molar-refractivity contribution >= 4 is 12.1 Å². The molecule has 0 aromatic heterocycles. The highest BCUT2D eigenvalue weighted by molar-refractivity contribution is 5.71. The number of anilines is 1. The number of carbonyl (C=O) groups is 1.